The zero-order valence-electron chi connectivity index (χ0n) is 20.8. The van der Waals surface area contributed by atoms with Crippen LogP contribution in [0.1, 0.15) is 62.5 Å². The van der Waals surface area contributed by atoms with Crippen LogP contribution < -0.4 is 16.6 Å². The molecule has 1 amide bonds. The Labute approximate surface area is 203 Å². The van der Waals surface area contributed by atoms with E-state index in [0.29, 0.717) is 17.8 Å². The van der Waals surface area contributed by atoms with Gasteiger partial charge in [0.05, 0.1) is 17.4 Å². The lowest BCUT2D eigenvalue weighted by molar-refractivity contribution is 0.0167. The van der Waals surface area contributed by atoms with Crippen molar-refractivity contribution in [3.8, 4) is 0 Å². The van der Waals surface area contributed by atoms with Gasteiger partial charge in [-0.1, -0.05) is 12.1 Å². The quantitative estimate of drug-likeness (QED) is 0.493. The molecule has 4 N–H and O–H groups in total. The molecule has 0 spiro atoms. The van der Waals surface area contributed by atoms with Gasteiger partial charge in [0, 0.05) is 43.3 Å². The van der Waals surface area contributed by atoms with E-state index in [0.717, 1.165) is 11.6 Å². The highest BCUT2D eigenvalue weighted by Crippen LogP contribution is 2.33. The maximum atomic E-state index is 14.0. The van der Waals surface area contributed by atoms with E-state index in [-0.39, 0.29) is 35.0 Å². The van der Waals surface area contributed by atoms with Crippen LogP contribution in [0, 0.1) is 6.92 Å². The number of ether oxygens (including phenoxy) is 1. The summed E-state index contributed by atoms with van der Waals surface area (Å²) in [5.74, 6) is 3.09. The Hall–Kier alpha value is -3.47. The molecular formula is C24H32F2N6O3. The number of hydrazine groups is 1. The van der Waals surface area contributed by atoms with E-state index < -0.39 is 23.7 Å². The van der Waals surface area contributed by atoms with Crippen molar-refractivity contribution in [3.63, 3.8) is 0 Å². The SMILES string of the molecule is Cc1c(C(=O)N2CCC(N(N)c3ccn(C(=O)OC(C)(C)C)n3)=C(N)C2C)cccc1C(C)(F)F. The van der Waals surface area contributed by atoms with Gasteiger partial charge >= 0.3 is 6.09 Å². The number of halogens is 2. The molecule has 2 heterocycles. The van der Waals surface area contributed by atoms with Crippen LogP contribution in [0.2, 0.25) is 0 Å². The summed E-state index contributed by atoms with van der Waals surface area (Å²) in [6.07, 6.45) is 1.09. The highest BCUT2D eigenvalue weighted by molar-refractivity contribution is 5.96. The summed E-state index contributed by atoms with van der Waals surface area (Å²) < 4.78 is 34.3. The molecule has 190 valence electrons. The lowest BCUT2D eigenvalue weighted by Gasteiger charge is -2.37. The first-order valence-electron chi connectivity index (χ1n) is 11.2. The zero-order chi connectivity index (χ0) is 26.3. The van der Waals surface area contributed by atoms with Crippen LogP contribution in [0.25, 0.3) is 0 Å². The Morgan fingerprint density at radius 3 is 2.46 bits per heavy atom. The number of hydrogen-bond donors (Lipinski definition) is 2. The van der Waals surface area contributed by atoms with Crippen molar-refractivity contribution in [2.75, 3.05) is 11.6 Å². The van der Waals surface area contributed by atoms with Crippen molar-refractivity contribution in [1.29, 1.82) is 0 Å². The molecule has 1 aliphatic heterocycles. The van der Waals surface area contributed by atoms with Crippen LogP contribution in [0.15, 0.2) is 41.9 Å². The van der Waals surface area contributed by atoms with Gasteiger partial charge < -0.3 is 15.4 Å². The average Bonchev–Trinajstić information content (AvgIpc) is 3.23. The smallest absolute Gasteiger partial charge is 0.435 e. The summed E-state index contributed by atoms with van der Waals surface area (Å²) in [5, 5.41) is 5.45. The Balaban J connectivity index is 1.83. The second-order valence-electron chi connectivity index (χ2n) is 9.66. The average molecular weight is 491 g/mol. The van der Waals surface area contributed by atoms with Gasteiger partial charge in [-0.3, -0.25) is 9.80 Å². The molecule has 11 heteroatoms. The Kier molecular flexibility index (Phi) is 6.94. The van der Waals surface area contributed by atoms with Gasteiger partial charge in [-0.05, 0) is 46.2 Å². The first kappa shape index (κ1) is 26.1. The number of carbonyl (C=O) groups is 2. The number of nitrogens with two attached hydrogens (primary N) is 2. The van der Waals surface area contributed by atoms with Crippen LogP contribution in [0.5, 0.6) is 0 Å². The van der Waals surface area contributed by atoms with Crippen LogP contribution in [-0.4, -0.2) is 44.9 Å². The number of alkyl halides is 2. The molecule has 0 fully saturated rings. The number of rotatable bonds is 4. The Morgan fingerprint density at radius 2 is 1.86 bits per heavy atom. The second-order valence-corrected chi connectivity index (χ2v) is 9.66. The molecule has 35 heavy (non-hydrogen) atoms. The number of hydrogen-bond acceptors (Lipinski definition) is 7. The highest BCUT2D eigenvalue weighted by atomic mass is 19.3. The molecule has 2 aromatic rings. The zero-order valence-corrected chi connectivity index (χ0v) is 20.8. The molecule has 3 rings (SSSR count). The van der Waals surface area contributed by atoms with Gasteiger partial charge in [0.15, 0.2) is 5.82 Å². The lowest BCUT2D eigenvalue weighted by atomic mass is 9.96. The molecule has 0 radical (unpaired) electrons. The number of carbonyl (C=O) groups excluding carboxylic acids is 2. The third-order valence-electron chi connectivity index (χ3n) is 5.83. The minimum absolute atomic E-state index is 0.189. The number of nitrogens with zero attached hydrogens (tertiary/aromatic N) is 4. The Morgan fingerprint density at radius 1 is 1.20 bits per heavy atom. The van der Waals surface area contributed by atoms with Crippen molar-refractivity contribution < 1.29 is 23.1 Å². The minimum Gasteiger partial charge on any atom is -0.442 e. The van der Waals surface area contributed by atoms with E-state index in [1.807, 2.05) is 0 Å². The van der Waals surface area contributed by atoms with Crippen molar-refractivity contribution in [3.05, 3.63) is 58.5 Å². The number of benzene rings is 1. The predicted octanol–water partition coefficient (Wildman–Crippen LogP) is 3.87. The fourth-order valence-electron chi connectivity index (χ4n) is 4.00. The van der Waals surface area contributed by atoms with E-state index in [1.54, 1.807) is 33.8 Å². The molecule has 1 aromatic carbocycles. The van der Waals surface area contributed by atoms with Crippen molar-refractivity contribution in [1.82, 2.24) is 14.7 Å². The van der Waals surface area contributed by atoms with Crippen molar-refractivity contribution >= 4 is 17.8 Å². The molecule has 0 saturated carbocycles. The molecule has 1 aromatic heterocycles. The third-order valence-corrected chi connectivity index (χ3v) is 5.83. The standard InChI is InChI=1S/C24H32F2N6O3/c1-14-16(8-7-9-17(14)24(6,25)26)21(33)30-12-10-18(20(27)15(30)2)32(28)19-11-13-31(29-19)22(34)35-23(3,4)5/h7-9,11,13,15H,10,12,27-28H2,1-6H3. The van der Waals surface area contributed by atoms with Crippen molar-refractivity contribution in [2.24, 2.45) is 11.6 Å². The first-order valence-corrected chi connectivity index (χ1v) is 11.2. The van der Waals surface area contributed by atoms with Crippen LogP contribution in [0.3, 0.4) is 0 Å². The summed E-state index contributed by atoms with van der Waals surface area (Å²) in [5.41, 5.74) is 6.82. The minimum atomic E-state index is -3.07. The van der Waals surface area contributed by atoms with E-state index in [2.05, 4.69) is 5.10 Å². The summed E-state index contributed by atoms with van der Waals surface area (Å²) in [7, 11) is 0. The van der Waals surface area contributed by atoms with Crippen molar-refractivity contribution in [2.45, 2.75) is 65.5 Å². The maximum absolute atomic E-state index is 14.0. The highest BCUT2D eigenvalue weighted by Gasteiger charge is 2.34. The predicted molar refractivity (Wildman–Crippen MR) is 128 cm³/mol. The molecule has 9 nitrogen and oxygen atoms in total. The fourth-order valence-corrected chi connectivity index (χ4v) is 4.00. The molecule has 0 bridgehead atoms. The van der Waals surface area contributed by atoms with Crippen LogP contribution in [0.4, 0.5) is 19.4 Å². The molecule has 0 saturated heterocycles. The molecule has 1 atom stereocenters. The fraction of sp³-hybridized carbons (Fsp3) is 0.458. The molecule has 1 unspecified atom stereocenters. The number of anilines is 1. The van der Waals surface area contributed by atoms with Gasteiger partial charge in [0.2, 0.25) is 0 Å². The normalized spacial score (nSPS) is 16.9. The second kappa shape index (κ2) is 9.29. The third kappa shape index (κ3) is 5.45. The van der Waals surface area contributed by atoms with E-state index in [9.17, 15) is 18.4 Å². The number of aromatic nitrogens is 2. The van der Waals surface area contributed by atoms with E-state index in [1.165, 1.54) is 41.2 Å². The van der Waals surface area contributed by atoms with Crippen LogP contribution in [-0.2, 0) is 10.7 Å². The molecular weight excluding hydrogens is 458 g/mol. The molecule has 1 aliphatic rings. The van der Waals surface area contributed by atoms with Crippen LogP contribution >= 0.6 is 0 Å². The summed E-state index contributed by atoms with van der Waals surface area (Å²) in [6.45, 7) is 9.58. The monoisotopic (exact) mass is 490 g/mol. The van der Waals surface area contributed by atoms with Gasteiger partial charge in [0.1, 0.15) is 5.60 Å². The van der Waals surface area contributed by atoms with E-state index >= 15 is 0 Å². The van der Waals surface area contributed by atoms with E-state index in [4.69, 9.17) is 16.3 Å². The largest absolute Gasteiger partial charge is 0.442 e. The summed E-state index contributed by atoms with van der Waals surface area (Å²) in [6, 6.07) is 5.31. The Bertz CT molecular complexity index is 1160. The topological polar surface area (TPSA) is 120 Å². The lowest BCUT2D eigenvalue weighted by Crippen LogP contribution is -2.49. The first-order chi connectivity index (χ1) is 16.1. The van der Waals surface area contributed by atoms with Gasteiger partial charge in [-0.25, -0.2) is 19.4 Å². The number of amides is 1. The maximum Gasteiger partial charge on any atom is 0.435 e. The van der Waals surface area contributed by atoms with Gasteiger partial charge in [-0.2, -0.15) is 4.68 Å². The van der Waals surface area contributed by atoms with Gasteiger partial charge in [-0.15, -0.1) is 5.10 Å². The molecule has 0 aliphatic carbocycles. The van der Waals surface area contributed by atoms with Gasteiger partial charge in [0.25, 0.3) is 11.8 Å². The summed E-state index contributed by atoms with van der Waals surface area (Å²) >= 11 is 0. The summed E-state index contributed by atoms with van der Waals surface area (Å²) in [4.78, 5) is 27.1.